The molecule has 0 aromatic heterocycles. The first-order valence-corrected chi connectivity index (χ1v) is 11.1. The highest BCUT2D eigenvalue weighted by atomic mass is 16.2. The fourth-order valence-corrected chi connectivity index (χ4v) is 4.14. The molecule has 4 rings (SSSR count). The summed E-state index contributed by atoms with van der Waals surface area (Å²) in [5.41, 5.74) is 3.24. The zero-order valence-electron chi connectivity index (χ0n) is 18.3. The fraction of sp³-hybridized carbons (Fsp3) is 0.222. The van der Waals surface area contributed by atoms with Crippen molar-refractivity contribution in [3.63, 3.8) is 0 Å². The van der Waals surface area contributed by atoms with E-state index in [0.29, 0.717) is 6.54 Å². The van der Waals surface area contributed by atoms with Gasteiger partial charge < -0.3 is 10.6 Å². The van der Waals surface area contributed by atoms with Gasteiger partial charge in [-0.15, -0.1) is 0 Å². The van der Waals surface area contributed by atoms with Crippen LogP contribution in [0.4, 0.5) is 4.79 Å². The topological polar surface area (TPSA) is 78.5 Å². The van der Waals surface area contributed by atoms with Gasteiger partial charge in [-0.2, -0.15) is 0 Å². The van der Waals surface area contributed by atoms with Gasteiger partial charge in [-0.05, 0) is 23.1 Å². The van der Waals surface area contributed by atoms with Gasteiger partial charge >= 0.3 is 6.03 Å². The molecule has 0 bridgehead atoms. The first-order valence-electron chi connectivity index (χ1n) is 11.1. The van der Waals surface area contributed by atoms with Gasteiger partial charge in [-0.1, -0.05) is 91.0 Å². The maximum Gasteiger partial charge on any atom is 0.325 e. The second-order valence-electron chi connectivity index (χ2n) is 8.13. The number of rotatable bonds is 9. The average molecular weight is 442 g/mol. The van der Waals surface area contributed by atoms with Crippen LogP contribution in [0.1, 0.15) is 35.4 Å². The highest BCUT2D eigenvalue weighted by Gasteiger charge is 2.38. The van der Waals surface area contributed by atoms with Crippen molar-refractivity contribution >= 4 is 17.8 Å². The number of amides is 4. The molecule has 0 spiro atoms. The predicted octanol–water partition coefficient (Wildman–Crippen LogP) is 3.84. The Kier molecular flexibility index (Phi) is 7.15. The number of imide groups is 1. The molecule has 33 heavy (non-hydrogen) atoms. The number of hydrogen-bond donors (Lipinski definition) is 2. The third-order valence-corrected chi connectivity index (χ3v) is 5.84. The molecule has 6 nitrogen and oxygen atoms in total. The maximum absolute atomic E-state index is 12.7. The average Bonchev–Trinajstić information content (AvgIpc) is 3.11. The summed E-state index contributed by atoms with van der Waals surface area (Å²) in [7, 11) is 0. The monoisotopic (exact) mass is 441 g/mol. The number of benzene rings is 3. The number of hydrogen-bond acceptors (Lipinski definition) is 3. The van der Waals surface area contributed by atoms with Crippen molar-refractivity contribution in [2.45, 2.75) is 31.3 Å². The van der Waals surface area contributed by atoms with E-state index in [-0.39, 0.29) is 30.7 Å². The molecule has 2 N–H and O–H groups in total. The van der Waals surface area contributed by atoms with Gasteiger partial charge in [-0.25, -0.2) is 4.79 Å². The first-order chi connectivity index (χ1) is 16.1. The fourth-order valence-electron chi connectivity index (χ4n) is 4.14. The van der Waals surface area contributed by atoms with Crippen molar-refractivity contribution in [1.82, 2.24) is 15.5 Å². The summed E-state index contributed by atoms with van der Waals surface area (Å²) in [6.07, 6.45) is 0.655. The quantitative estimate of drug-likeness (QED) is 0.496. The maximum atomic E-state index is 12.7. The van der Waals surface area contributed by atoms with Crippen LogP contribution in [-0.4, -0.2) is 35.3 Å². The highest BCUT2D eigenvalue weighted by molar-refractivity contribution is 6.05. The van der Waals surface area contributed by atoms with Crippen molar-refractivity contribution in [1.29, 1.82) is 0 Å². The molecule has 3 aromatic rings. The van der Waals surface area contributed by atoms with Crippen LogP contribution in [0.3, 0.4) is 0 Å². The van der Waals surface area contributed by atoms with E-state index in [0.717, 1.165) is 16.9 Å². The van der Waals surface area contributed by atoms with Crippen LogP contribution in [-0.2, 0) is 16.1 Å². The van der Waals surface area contributed by atoms with Gasteiger partial charge in [0.15, 0.2) is 0 Å². The second kappa shape index (κ2) is 10.6. The number of nitrogens with one attached hydrogen (secondary N) is 2. The molecule has 0 aliphatic carbocycles. The smallest absolute Gasteiger partial charge is 0.325 e. The van der Waals surface area contributed by atoms with E-state index in [1.165, 1.54) is 11.1 Å². The van der Waals surface area contributed by atoms with Crippen molar-refractivity contribution in [2.75, 3.05) is 6.54 Å². The summed E-state index contributed by atoms with van der Waals surface area (Å²) < 4.78 is 0. The van der Waals surface area contributed by atoms with Crippen molar-refractivity contribution in [3.05, 3.63) is 108 Å². The van der Waals surface area contributed by atoms with Crippen LogP contribution in [0, 0.1) is 0 Å². The summed E-state index contributed by atoms with van der Waals surface area (Å²) in [5, 5.41) is 5.55. The summed E-state index contributed by atoms with van der Waals surface area (Å²) in [4.78, 5) is 38.6. The molecule has 3 aromatic carbocycles. The number of carbonyl (C=O) groups is 3. The molecule has 0 radical (unpaired) electrons. The van der Waals surface area contributed by atoms with E-state index in [1.54, 1.807) is 0 Å². The molecule has 1 heterocycles. The normalized spacial score (nSPS) is 15.5. The zero-order chi connectivity index (χ0) is 23.0. The van der Waals surface area contributed by atoms with Gasteiger partial charge in [0.25, 0.3) is 5.91 Å². The first kappa shape index (κ1) is 22.3. The molecule has 1 aliphatic rings. The summed E-state index contributed by atoms with van der Waals surface area (Å²) in [6, 6.07) is 28.4. The Bertz CT molecular complexity index is 1050. The predicted molar refractivity (Wildman–Crippen MR) is 126 cm³/mol. The van der Waals surface area contributed by atoms with E-state index < -0.39 is 12.1 Å². The molecule has 1 fully saturated rings. The Hall–Kier alpha value is -3.93. The molecule has 0 unspecified atom stereocenters. The molecule has 6 heteroatoms. The molecule has 1 atom stereocenters. The van der Waals surface area contributed by atoms with Crippen LogP contribution >= 0.6 is 0 Å². The van der Waals surface area contributed by atoms with Crippen LogP contribution < -0.4 is 10.6 Å². The van der Waals surface area contributed by atoms with E-state index in [4.69, 9.17) is 0 Å². The van der Waals surface area contributed by atoms with E-state index in [1.807, 2.05) is 66.7 Å². The SMILES string of the molecule is O=C(C[C@H]1NC(=O)N(Cc2ccccc2)C1=O)NCCC(c1ccccc1)c1ccccc1. The van der Waals surface area contributed by atoms with Gasteiger partial charge in [0, 0.05) is 12.5 Å². The molecule has 4 amide bonds. The van der Waals surface area contributed by atoms with Crippen LogP contribution in [0.25, 0.3) is 0 Å². The van der Waals surface area contributed by atoms with Gasteiger partial charge in [0.05, 0.1) is 13.0 Å². The minimum atomic E-state index is -0.833. The Labute approximate surface area is 193 Å². The highest BCUT2D eigenvalue weighted by Crippen LogP contribution is 2.27. The summed E-state index contributed by atoms with van der Waals surface area (Å²) in [5.74, 6) is -0.470. The van der Waals surface area contributed by atoms with E-state index in [9.17, 15) is 14.4 Å². The molecule has 1 saturated heterocycles. The second-order valence-corrected chi connectivity index (χ2v) is 8.13. The lowest BCUT2D eigenvalue weighted by molar-refractivity contribution is -0.131. The minimum absolute atomic E-state index is 0.0722. The van der Waals surface area contributed by atoms with Gasteiger partial charge in [0.1, 0.15) is 6.04 Å². The van der Waals surface area contributed by atoms with Crippen molar-refractivity contribution in [2.24, 2.45) is 0 Å². The standard InChI is InChI=1S/C27H27N3O3/c31-25(18-24-26(32)30(27(33)29-24)19-20-10-4-1-5-11-20)28-17-16-23(21-12-6-2-7-13-21)22-14-8-3-9-15-22/h1-15,23-24H,16-19H2,(H,28,31)(H,29,33)/t24-/m1/s1. The zero-order valence-corrected chi connectivity index (χ0v) is 18.3. The van der Waals surface area contributed by atoms with Gasteiger partial charge in [0.2, 0.25) is 5.91 Å². The molecular formula is C27H27N3O3. The lowest BCUT2D eigenvalue weighted by Gasteiger charge is -2.19. The number of nitrogens with zero attached hydrogens (tertiary/aromatic N) is 1. The Balaban J connectivity index is 1.31. The van der Waals surface area contributed by atoms with E-state index in [2.05, 4.69) is 34.9 Å². The Morgan fingerprint density at radius 3 is 1.97 bits per heavy atom. The Morgan fingerprint density at radius 1 is 0.848 bits per heavy atom. The summed E-state index contributed by atoms with van der Waals surface area (Å²) >= 11 is 0. The molecule has 0 saturated carbocycles. The molecule has 1 aliphatic heterocycles. The lowest BCUT2D eigenvalue weighted by atomic mass is 9.88. The third-order valence-electron chi connectivity index (χ3n) is 5.84. The largest absolute Gasteiger partial charge is 0.356 e. The number of carbonyl (C=O) groups excluding carboxylic acids is 3. The van der Waals surface area contributed by atoms with Crippen LogP contribution in [0.5, 0.6) is 0 Å². The van der Waals surface area contributed by atoms with Crippen molar-refractivity contribution in [3.8, 4) is 0 Å². The Morgan fingerprint density at radius 2 is 1.39 bits per heavy atom. The van der Waals surface area contributed by atoms with E-state index >= 15 is 0 Å². The minimum Gasteiger partial charge on any atom is -0.356 e. The molecule has 168 valence electrons. The third kappa shape index (κ3) is 5.66. The van der Waals surface area contributed by atoms with Crippen LogP contribution in [0.15, 0.2) is 91.0 Å². The van der Waals surface area contributed by atoms with Crippen molar-refractivity contribution < 1.29 is 14.4 Å². The van der Waals surface area contributed by atoms with Gasteiger partial charge in [-0.3, -0.25) is 14.5 Å². The number of urea groups is 1. The summed E-state index contributed by atoms with van der Waals surface area (Å²) in [6.45, 7) is 0.662. The van der Waals surface area contributed by atoms with Crippen LogP contribution in [0.2, 0.25) is 0 Å². The molecular weight excluding hydrogens is 414 g/mol. The lowest BCUT2D eigenvalue weighted by Crippen LogP contribution is -2.37.